The van der Waals surface area contributed by atoms with Gasteiger partial charge in [-0.2, -0.15) is 9.48 Å². The summed E-state index contributed by atoms with van der Waals surface area (Å²) in [5.41, 5.74) is 2.96. The molecule has 4 N–H and O–H groups in total. The van der Waals surface area contributed by atoms with Crippen LogP contribution < -0.4 is 5.32 Å². The number of benzene rings is 1. The van der Waals surface area contributed by atoms with Gasteiger partial charge in [-0.3, -0.25) is 0 Å². The summed E-state index contributed by atoms with van der Waals surface area (Å²) in [7, 11) is 0. The quantitative estimate of drug-likeness (QED) is 0.608. The Hall–Kier alpha value is -2.25. The molecule has 1 aromatic carbocycles. The lowest BCUT2D eigenvalue weighted by molar-refractivity contribution is -0.755. The van der Waals surface area contributed by atoms with Crippen molar-refractivity contribution in [3.63, 3.8) is 0 Å². The minimum absolute atomic E-state index is 0.0992. The maximum absolute atomic E-state index is 10.6. The van der Waals surface area contributed by atoms with Gasteiger partial charge in [0.05, 0.1) is 11.7 Å². The fourth-order valence-corrected chi connectivity index (χ4v) is 3.58. The molecule has 0 saturated carbocycles. The van der Waals surface area contributed by atoms with Crippen LogP contribution >= 0.6 is 0 Å². The van der Waals surface area contributed by atoms with Crippen molar-refractivity contribution in [1.82, 2.24) is 5.32 Å². The van der Waals surface area contributed by atoms with Crippen molar-refractivity contribution >= 4 is 5.84 Å². The van der Waals surface area contributed by atoms with Crippen LogP contribution in [0, 0.1) is 0 Å². The summed E-state index contributed by atoms with van der Waals surface area (Å²) in [6, 6.07) is 9.07. The number of allylic oxidation sites excluding steroid dienone is 1. The predicted octanol–water partition coefficient (Wildman–Crippen LogP) is 0.874. The van der Waals surface area contributed by atoms with Gasteiger partial charge in [-0.05, 0) is 12.5 Å². The summed E-state index contributed by atoms with van der Waals surface area (Å²) in [5.74, 6) is 0.638. The molecule has 0 bridgehead atoms. The average molecular weight is 326 g/mol. The number of fused-ring (bicyclic) bond motifs is 2. The fraction of sp³-hybridized carbons (Fsp3) is 0.278. The van der Waals surface area contributed by atoms with Crippen LogP contribution in [0.15, 0.2) is 70.8 Å². The Bertz CT molecular complexity index is 797. The fourth-order valence-electron chi connectivity index (χ4n) is 3.58. The van der Waals surface area contributed by atoms with Gasteiger partial charge >= 0.3 is 0 Å². The number of hydrogen-bond donors (Lipinski definition) is 4. The zero-order valence-electron chi connectivity index (χ0n) is 13.3. The summed E-state index contributed by atoms with van der Waals surface area (Å²) in [6.07, 6.45) is 3.41. The SMILES string of the molecule is CC1=C[N+]2(CO)C=CC3=C(N[C@H](c4ccccc4)[C@@H](O)[C@@H]3O)C2=N1. The Labute approximate surface area is 140 Å². The summed E-state index contributed by atoms with van der Waals surface area (Å²) in [4.78, 5) is 4.55. The lowest BCUT2D eigenvalue weighted by atomic mass is 9.87. The molecule has 1 unspecified atom stereocenters. The third-order valence-corrected chi connectivity index (χ3v) is 4.80. The molecule has 0 aliphatic carbocycles. The number of aliphatic hydroxyl groups excluding tert-OH is 3. The molecular formula is C18H20N3O3+. The van der Waals surface area contributed by atoms with Crippen LogP contribution in [0.4, 0.5) is 0 Å². The first-order valence-electron chi connectivity index (χ1n) is 7.94. The number of hydrogen-bond acceptors (Lipinski definition) is 5. The van der Waals surface area contributed by atoms with Crippen molar-refractivity contribution in [3.8, 4) is 0 Å². The van der Waals surface area contributed by atoms with Crippen LogP contribution in [0.25, 0.3) is 0 Å². The molecule has 0 spiro atoms. The molecule has 3 aliphatic heterocycles. The maximum atomic E-state index is 10.6. The summed E-state index contributed by atoms with van der Waals surface area (Å²) in [5, 5.41) is 34.4. The van der Waals surface area contributed by atoms with E-state index in [-0.39, 0.29) is 11.2 Å². The van der Waals surface area contributed by atoms with Crippen molar-refractivity contribution in [1.29, 1.82) is 0 Å². The number of rotatable bonds is 2. The lowest BCUT2D eigenvalue weighted by Gasteiger charge is -2.40. The predicted molar refractivity (Wildman–Crippen MR) is 89.0 cm³/mol. The minimum atomic E-state index is -1.02. The lowest BCUT2D eigenvalue weighted by Crippen LogP contribution is -2.54. The summed E-state index contributed by atoms with van der Waals surface area (Å²) >= 11 is 0. The largest absolute Gasteiger partial charge is 0.388 e. The molecule has 0 fully saturated rings. The number of aliphatic imine (C=N–C) groups is 1. The van der Waals surface area contributed by atoms with E-state index in [0.717, 1.165) is 11.3 Å². The van der Waals surface area contributed by atoms with Gasteiger partial charge in [0, 0.05) is 11.6 Å². The normalized spacial score (nSPS) is 34.2. The molecule has 0 aromatic heterocycles. The Morgan fingerprint density at radius 2 is 1.96 bits per heavy atom. The van der Waals surface area contributed by atoms with Crippen molar-refractivity contribution in [2.75, 3.05) is 6.73 Å². The van der Waals surface area contributed by atoms with Gasteiger partial charge in [-0.25, -0.2) is 0 Å². The molecule has 3 heterocycles. The number of quaternary nitrogens is 1. The molecular weight excluding hydrogens is 306 g/mol. The van der Waals surface area contributed by atoms with Crippen LogP contribution in [0.3, 0.4) is 0 Å². The first-order valence-corrected chi connectivity index (χ1v) is 7.94. The molecule has 0 amide bonds. The Kier molecular flexibility index (Phi) is 3.43. The molecule has 4 atom stereocenters. The van der Waals surface area contributed by atoms with E-state index in [1.165, 1.54) is 0 Å². The van der Waals surface area contributed by atoms with Crippen LogP contribution in [0.5, 0.6) is 0 Å². The van der Waals surface area contributed by atoms with Gasteiger partial charge in [0.2, 0.25) is 0 Å². The highest BCUT2D eigenvalue weighted by Crippen LogP contribution is 2.37. The Morgan fingerprint density at radius 1 is 1.21 bits per heavy atom. The zero-order chi connectivity index (χ0) is 16.9. The molecule has 6 nitrogen and oxygen atoms in total. The van der Waals surface area contributed by atoms with Crippen molar-refractivity contribution < 1.29 is 19.8 Å². The Balaban J connectivity index is 1.80. The Morgan fingerprint density at radius 3 is 2.67 bits per heavy atom. The highest BCUT2D eigenvalue weighted by molar-refractivity contribution is 5.97. The molecule has 124 valence electrons. The van der Waals surface area contributed by atoms with E-state index in [9.17, 15) is 15.3 Å². The first-order chi connectivity index (χ1) is 11.6. The molecule has 3 aliphatic rings. The van der Waals surface area contributed by atoms with Gasteiger partial charge < -0.3 is 20.6 Å². The third-order valence-electron chi connectivity index (χ3n) is 4.80. The zero-order valence-corrected chi connectivity index (χ0v) is 13.3. The second kappa shape index (κ2) is 5.39. The second-order valence-electron chi connectivity index (χ2n) is 6.39. The van der Waals surface area contributed by atoms with Crippen molar-refractivity contribution in [3.05, 3.63) is 71.3 Å². The molecule has 24 heavy (non-hydrogen) atoms. The van der Waals surface area contributed by atoms with Crippen LogP contribution in [-0.2, 0) is 0 Å². The summed E-state index contributed by atoms with van der Waals surface area (Å²) < 4.78 is 0.0992. The van der Waals surface area contributed by atoms with E-state index in [1.54, 1.807) is 12.3 Å². The molecule has 1 aromatic rings. The van der Waals surface area contributed by atoms with Gasteiger partial charge in [0.15, 0.2) is 6.73 Å². The van der Waals surface area contributed by atoms with E-state index < -0.39 is 18.2 Å². The van der Waals surface area contributed by atoms with Crippen molar-refractivity contribution in [2.45, 2.75) is 25.2 Å². The van der Waals surface area contributed by atoms with Crippen LogP contribution in [0.2, 0.25) is 0 Å². The second-order valence-corrected chi connectivity index (χ2v) is 6.39. The molecule has 6 heteroatoms. The third kappa shape index (κ3) is 2.08. The minimum Gasteiger partial charge on any atom is -0.388 e. The van der Waals surface area contributed by atoms with E-state index in [2.05, 4.69) is 10.3 Å². The first kappa shape index (κ1) is 15.3. The smallest absolute Gasteiger partial charge is 0.263 e. The number of aliphatic hydroxyl groups is 3. The van der Waals surface area contributed by atoms with Crippen molar-refractivity contribution in [2.24, 2.45) is 4.99 Å². The summed E-state index contributed by atoms with van der Waals surface area (Å²) in [6.45, 7) is 1.72. The number of nitrogens with one attached hydrogen (secondary N) is 1. The van der Waals surface area contributed by atoms with E-state index >= 15 is 0 Å². The van der Waals surface area contributed by atoms with E-state index in [0.29, 0.717) is 17.1 Å². The highest BCUT2D eigenvalue weighted by Gasteiger charge is 2.47. The average Bonchev–Trinajstić information content (AvgIpc) is 2.95. The van der Waals surface area contributed by atoms with Gasteiger partial charge in [-0.1, -0.05) is 30.3 Å². The topological polar surface area (TPSA) is 85.1 Å². The highest BCUT2D eigenvalue weighted by atomic mass is 16.3. The standard InChI is InChI=1S/C18H20N3O3/c1-11-9-21(10-22)8-7-13-15(18(21)19-11)20-14(17(24)16(13)23)12-5-3-2-4-6-12/h2-9,14,16-17,20,22-24H,10H2,1H3/q+1/t14-,16-,17-,21?/m1/s1. The monoisotopic (exact) mass is 326 g/mol. The van der Waals surface area contributed by atoms with Gasteiger partial charge in [0.1, 0.15) is 30.3 Å². The van der Waals surface area contributed by atoms with Crippen LogP contribution in [-0.4, -0.2) is 44.6 Å². The number of amidine groups is 1. The maximum Gasteiger partial charge on any atom is 0.263 e. The van der Waals surface area contributed by atoms with Crippen LogP contribution in [0.1, 0.15) is 18.5 Å². The van der Waals surface area contributed by atoms with Gasteiger partial charge in [0.25, 0.3) is 5.84 Å². The van der Waals surface area contributed by atoms with E-state index in [4.69, 9.17) is 0 Å². The molecule has 0 radical (unpaired) electrons. The van der Waals surface area contributed by atoms with E-state index in [1.807, 2.05) is 43.5 Å². The molecule has 4 rings (SSSR count). The molecule has 0 saturated heterocycles. The number of nitrogens with zero attached hydrogens (tertiary/aromatic N) is 2. The van der Waals surface area contributed by atoms with Gasteiger partial charge in [-0.15, -0.1) is 0 Å².